The van der Waals surface area contributed by atoms with Gasteiger partial charge >= 0.3 is 0 Å². The quantitative estimate of drug-likeness (QED) is 0.787. The predicted octanol–water partition coefficient (Wildman–Crippen LogP) is 2.08. The van der Waals surface area contributed by atoms with Gasteiger partial charge in [-0.25, -0.2) is 9.97 Å². The van der Waals surface area contributed by atoms with Crippen LogP contribution in [0, 0.1) is 5.92 Å². The molecular formula is C11H16BrN3. The highest BCUT2D eigenvalue weighted by Crippen LogP contribution is 2.19. The summed E-state index contributed by atoms with van der Waals surface area (Å²) in [5, 5.41) is 1.11. The van der Waals surface area contributed by atoms with Crippen molar-refractivity contribution in [2.45, 2.75) is 19.4 Å². The van der Waals surface area contributed by atoms with E-state index >= 15 is 0 Å². The fourth-order valence-corrected chi connectivity index (χ4v) is 2.56. The van der Waals surface area contributed by atoms with Crippen LogP contribution in [0.15, 0.2) is 18.5 Å². The van der Waals surface area contributed by atoms with Crippen LogP contribution in [-0.2, 0) is 6.54 Å². The van der Waals surface area contributed by atoms with Crippen LogP contribution in [0.2, 0.25) is 0 Å². The smallest absolute Gasteiger partial charge is 0.142 e. The standard InChI is InChI=1S/C11H16BrN3/c12-7-10-3-1-6-15(8-10)9-11-13-4-2-5-14-11/h2,4-5,10H,1,3,6-9H2. The van der Waals surface area contributed by atoms with Gasteiger partial charge in [-0.2, -0.15) is 0 Å². The van der Waals surface area contributed by atoms with Crippen LogP contribution < -0.4 is 0 Å². The summed E-state index contributed by atoms with van der Waals surface area (Å²) in [5.74, 6) is 1.73. The van der Waals surface area contributed by atoms with E-state index in [4.69, 9.17) is 0 Å². The Hall–Kier alpha value is -0.480. The Labute approximate surface area is 99.0 Å². The van der Waals surface area contributed by atoms with Crippen molar-refractivity contribution in [2.75, 3.05) is 18.4 Å². The van der Waals surface area contributed by atoms with Gasteiger partial charge in [0.05, 0.1) is 6.54 Å². The van der Waals surface area contributed by atoms with Crippen LogP contribution in [-0.4, -0.2) is 33.3 Å². The van der Waals surface area contributed by atoms with Crippen molar-refractivity contribution in [1.29, 1.82) is 0 Å². The van der Waals surface area contributed by atoms with E-state index in [1.165, 1.54) is 25.9 Å². The molecule has 1 atom stereocenters. The lowest BCUT2D eigenvalue weighted by Crippen LogP contribution is -2.35. The second-order valence-electron chi connectivity index (χ2n) is 4.06. The van der Waals surface area contributed by atoms with Gasteiger partial charge in [0.15, 0.2) is 0 Å². The molecular weight excluding hydrogens is 254 g/mol. The minimum Gasteiger partial charge on any atom is -0.296 e. The van der Waals surface area contributed by atoms with Crippen molar-refractivity contribution < 1.29 is 0 Å². The van der Waals surface area contributed by atoms with Crippen LogP contribution in [0.25, 0.3) is 0 Å². The van der Waals surface area contributed by atoms with Crippen molar-refractivity contribution in [3.05, 3.63) is 24.3 Å². The summed E-state index contributed by atoms with van der Waals surface area (Å²) in [6, 6.07) is 1.86. The molecule has 1 aromatic rings. The number of rotatable bonds is 3. The molecule has 15 heavy (non-hydrogen) atoms. The Balaban J connectivity index is 1.89. The molecule has 4 heteroatoms. The zero-order chi connectivity index (χ0) is 10.5. The molecule has 0 radical (unpaired) electrons. The number of nitrogens with zero attached hydrogens (tertiary/aromatic N) is 3. The molecule has 0 saturated carbocycles. The van der Waals surface area contributed by atoms with Gasteiger partial charge < -0.3 is 0 Å². The van der Waals surface area contributed by atoms with Crippen molar-refractivity contribution in [2.24, 2.45) is 5.92 Å². The summed E-state index contributed by atoms with van der Waals surface area (Å²) in [6.45, 7) is 3.25. The van der Waals surface area contributed by atoms with Crippen molar-refractivity contribution in [3.8, 4) is 0 Å². The molecule has 1 saturated heterocycles. The van der Waals surface area contributed by atoms with E-state index in [9.17, 15) is 0 Å². The molecule has 82 valence electrons. The molecule has 0 bridgehead atoms. The molecule has 2 rings (SSSR count). The lowest BCUT2D eigenvalue weighted by atomic mass is 10.0. The van der Waals surface area contributed by atoms with Gasteiger partial charge in [-0.15, -0.1) is 0 Å². The zero-order valence-corrected chi connectivity index (χ0v) is 10.4. The number of hydrogen-bond acceptors (Lipinski definition) is 3. The molecule has 0 aliphatic carbocycles. The maximum atomic E-state index is 4.26. The number of alkyl halides is 1. The van der Waals surface area contributed by atoms with E-state index in [2.05, 4.69) is 30.8 Å². The number of piperidine rings is 1. The summed E-state index contributed by atoms with van der Waals surface area (Å²) >= 11 is 3.57. The molecule has 0 spiro atoms. The SMILES string of the molecule is BrCC1CCCN(Cc2ncccn2)C1. The lowest BCUT2D eigenvalue weighted by molar-refractivity contribution is 0.175. The Morgan fingerprint density at radius 3 is 2.93 bits per heavy atom. The van der Waals surface area contributed by atoms with Gasteiger partial charge in [0.1, 0.15) is 5.82 Å². The van der Waals surface area contributed by atoms with Crippen LogP contribution in [0.4, 0.5) is 0 Å². The molecule has 0 amide bonds. The van der Waals surface area contributed by atoms with E-state index in [0.29, 0.717) is 0 Å². The second-order valence-corrected chi connectivity index (χ2v) is 4.71. The number of aromatic nitrogens is 2. The van der Waals surface area contributed by atoms with Crippen LogP contribution in [0.3, 0.4) is 0 Å². The van der Waals surface area contributed by atoms with Crippen molar-refractivity contribution in [1.82, 2.24) is 14.9 Å². The molecule has 3 nitrogen and oxygen atoms in total. The topological polar surface area (TPSA) is 29.0 Å². The number of halogens is 1. The van der Waals surface area contributed by atoms with Crippen LogP contribution in [0.5, 0.6) is 0 Å². The number of hydrogen-bond donors (Lipinski definition) is 0. The molecule has 0 aromatic carbocycles. The van der Waals surface area contributed by atoms with Gasteiger partial charge in [0.25, 0.3) is 0 Å². The first kappa shape index (κ1) is 11.0. The van der Waals surface area contributed by atoms with E-state index in [-0.39, 0.29) is 0 Å². The first-order valence-corrected chi connectivity index (χ1v) is 6.55. The summed E-state index contributed by atoms with van der Waals surface area (Å²) in [7, 11) is 0. The summed E-state index contributed by atoms with van der Waals surface area (Å²) in [4.78, 5) is 11.0. The van der Waals surface area contributed by atoms with Gasteiger partial charge in [-0.3, -0.25) is 4.90 Å². The van der Waals surface area contributed by atoms with Crippen LogP contribution >= 0.6 is 15.9 Å². The Bertz CT molecular complexity index is 291. The molecule has 1 unspecified atom stereocenters. The third kappa shape index (κ3) is 3.24. The minimum atomic E-state index is 0.794. The first-order chi connectivity index (χ1) is 7.38. The predicted molar refractivity (Wildman–Crippen MR) is 63.8 cm³/mol. The Morgan fingerprint density at radius 2 is 2.20 bits per heavy atom. The summed E-state index contributed by atoms with van der Waals surface area (Å²) in [5.41, 5.74) is 0. The third-order valence-electron chi connectivity index (χ3n) is 2.81. The molecule has 1 aromatic heterocycles. The molecule has 2 heterocycles. The fraction of sp³-hybridized carbons (Fsp3) is 0.636. The summed E-state index contributed by atoms with van der Waals surface area (Å²) in [6.07, 6.45) is 6.27. The van der Waals surface area contributed by atoms with Gasteiger partial charge in [-0.1, -0.05) is 15.9 Å². The molecule has 1 fully saturated rings. The minimum absolute atomic E-state index is 0.794. The van der Waals surface area contributed by atoms with E-state index in [0.717, 1.165) is 23.6 Å². The maximum Gasteiger partial charge on any atom is 0.142 e. The lowest BCUT2D eigenvalue weighted by Gasteiger charge is -2.31. The van der Waals surface area contributed by atoms with E-state index in [1.54, 1.807) is 0 Å². The van der Waals surface area contributed by atoms with E-state index in [1.807, 2.05) is 18.5 Å². The monoisotopic (exact) mass is 269 g/mol. The van der Waals surface area contributed by atoms with E-state index < -0.39 is 0 Å². The van der Waals surface area contributed by atoms with Crippen LogP contribution in [0.1, 0.15) is 18.7 Å². The van der Waals surface area contributed by atoms with Gasteiger partial charge in [0.2, 0.25) is 0 Å². The molecule has 1 aliphatic heterocycles. The third-order valence-corrected chi connectivity index (χ3v) is 3.72. The maximum absolute atomic E-state index is 4.26. The highest BCUT2D eigenvalue weighted by molar-refractivity contribution is 9.09. The number of likely N-dealkylation sites (tertiary alicyclic amines) is 1. The molecule has 0 N–H and O–H groups in total. The Morgan fingerprint density at radius 1 is 1.40 bits per heavy atom. The van der Waals surface area contributed by atoms with Crippen molar-refractivity contribution in [3.63, 3.8) is 0 Å². The second kappa shape index (κ2) is 5.56. The summed E-state index contributed by atoms with van der Waals surface area (Å²) < 4.78 is 0. The zero-order valence-electron chi connectivity index (χ0n) is 8.77. The average molecular weight is 270 g/mol. The van der Waals surface area contributed by atoms with Gasteiger partial charge in [-0.05, 0) is 31.4 Å². The Kier molecular flexibility index (Phi) is 4.09. The highest BCUT2D eigenvalue weighted by atomic mass is 79.9. The van der Waals surface area contributed by atoms with Gasteiger partial charge in [0, 0.05) is 24.3 Å². The average Bonchev–Trinajstić information content (AvgIpc) is 2.31. The first-order valence-electron chi connectivity index (χ1n) is 5.42. The van der Waals surface area contributed by atoms with Crippen molar-refractivity contribution >= 4 is 15.9 Å². The normalized spacial score (nSPS) is 22.9. The highest BCUT2D eigenvalue weighted by Gasteiger charge is 2.19. The molecule has 1 aliphatic rings. The largest absolute Gasteiger partial charge is 0.296 e. The fourth-order valence-electron chi connectivity index (χ4n) is 2.03.